The van der Waals surface area contributed by atoms with Crippen molar-refractivity contribution in [3.05, 3.63) is 10.8 Å². The fourth-order valence-electron chi connectivity index (χ4n) is 2.35. The number of thiophene rings is 1. The van der Waals surface area contributed by atoms with Gasteiger partial charge in [-0.2, -0.15) is 0 Å². The molecule has 1 aromatic rings. The first kappa shape index (κ1) is 22.4. The molecule has 0 N–H and O–H groups in total. The Morgan fingerprint density at radius 3 is 2.96 bits per heavy atom. The van der Waals surface area contributed by atoms with Crippen molar-refractivity contribution in [2.45, 2.75) is 51.2 Å². The monoisotopic (exact) mass is 387 g/mol. The molecule has 1 aliphatic heterocycles. The smallest absolute Gasteiger partial charge is 1.00 e. The van der Waals surface area contributed by atoms with E-state index >= 15 is 0 Å². The summed E-state index contributed by atoms with van der Waals surface area (Å²) < 4.78 is 43.3. The molecule has 0 saturated heterocycles. The second kappa shape index (κ2) is 12.6. The van der Waals surface area contributed by atoms with Crippen LogP contribution in [0, 0.1) is 0 Å². The van der Waals surface area contributed by atoms with Crippen LogP contribution in [0.1, 0.15) is 40.5 Å². The van der Waals surface area contributed by atoms with Crippen LogP contribution in [0.2, 0.25) is 0 Å². The summed E-state index contributed by atoms with van der Waals surface area (Å²) in [5.41, 5.74) is 0. The van der Waals surface area contributed by atoms with Crippen LogP contribution in [-0.4, -0.2) is 40.8 Å². The van der Waals surface area contributed by atoms with Gasteiger partial charge < -0.3 is 20.2 Å². The van der Waals surface area contributed by atoms with E-state index in [1.807, 2.05) is 10.8 Å². The standard InChI is InChI=1S/C15H24O6S2.Na.H/c1-2-3-4-5-12(21-23(16)17)6-7-18-8-13-9-19-14-10-22-11-15(14)20-13;;/h10-13H,2-9H2,1H3,(H,16,17);;/q;+1;-1/p-1. The molecule has 1 aliphatic rings. The van der Waals surface area contributed by atoms with E-state index in [2.05, 4.69) is 6.92 Å². The molecule has 0 spiro atoms. The molecule has 1 aromatic heterocycles. The number of rotatable bonds is 11. The van der Waals surface area contributed by atoms with E-state index in [1.54, 1.807) is 0 Å². The minimum atomic E-state index is -2.48. The topological polar surface area (TPSA) is 77.0 Å². The number of hydrogen-bond acceptors (Lipinski definition) is 7. The average Bonchev–Trinajstić information content (AvgIpc) is 2.98. The van der Waals surface area contributed by atoms with E-state index in [-0.39, 0.29) is 43.2 Å². The summed E-state index contributed by atoms with van der Waals surface area (Å²) >= 11 is -0.941. The largest absolute Gasteiger partial charge is 1.00 e. The van der Waals surface area contributed by atoms with Crippen molar-refractivity contribution in [3.8, 4) is 11.5 Å². The summed E-state index contributed by atoms with van der Waals surface area (Å²) in [6, 6.07) is 0. The number of fused-ring (bicyclic) bond motifs is 1. The first-order valence-corrected chi connectivity index (χ1v) is 9.83. The third-order valence-corrected chi connectivity index (χ3v) is 4.67. The zero-order chi connectivity index (χ0) is 16.5. The Balaban J connectivity index is 0.00000288. The van der Waals surface area contributed by atoms with Gasteiger partial charge in [-0.05, 0) is 12.8 Å². The van der Waals surface area contributed by atoms with Crippen molar-refractivity contribution in [2.75, 3.05) is 19.8 Å². The van der Waals surface area contributed by atoms with Gasteiger partial charge in [0.15, 0.2) is 17.6 Å². The van der Waals surface area contributed by atoms with Gasteiger partial charge in [-0.15, -0.1) is 11.3 Å². The van der Waals surface area contributed by atoms with Crippen LogP contribution in [0.15, 0.2) is 10.8 Å². The SMILES string of the molecule is CCCCCC(CCOCC1COc2cscc2O1)OS(=O)[O-].[H-].[Na+]. The Morgan fingerprint density at radius 1 is 1.42 bits per heavy atom. The molecule has 6 nitrogen and oxygen atoms in total. The average molecular weight is 387 g/mol. The van der Waals surface area contributed by atoms with Crippen molar-refractivity contribution < 1.29 is 58.1 Å². The molecule has 3 unspecified atom stereocenters. The normalized spacial score (nSPS) is 18.7. The van der Waals surface area contributed by atoms with Crippen molar-refractivity contribution >= 4 is 22.7 Å². The first-order chi connectivity index (χ1) is 11.2. The van der Waals surface area contributed by atoms with Crippen molar-refractivity contribution in [2.24, 2.45) is 0 Å². The molecule has 2 heterocycles. The Hall–Kier alpha value is 0.330. The maximum Gasteiger partial charge on any atom is 1.00 e. The summed E-state index contributed by atoms with van der Waals surface area (Å²) in [5.74, 6) is 1.55. The number of ether oxygens (including phenoxy) is 3. The molecule has 134 valence electrons. The second-order valence-electron chi connectivity index (χ2n) is 5.43. The molecular weight excluding hydrogens is 363 g/mol. The third kappa shape index (κ3) is 8.14. The Bertz CT molecular complexity index is 490. The minimum absolute atomic E-state index is 0. The molecule has 0 radical (unpaired) electrons. The number of unbranched alkanes of at least 4 members (excludes halogenated alkanes) is 2. The van der Waals surface area contributed by atoms with Crippen LogP contribution in [0.4, 0.5) is 0 Å². The number of hydrogen-bond donors (Lipinski definition) is 0. The first-order valence-electron chi connectivity index (χ1n) is 7.88. The van der Waals surface area contributed by atoms with Gasteiger partial charge in [-0.3, -0.25) is 4.18 Å². The third-order valence-electron chi connectivity index (χ3n) is 3.54. The molecule has 0 aromatic carbocycles. The van der Waals surface area contributed by atoms with Crippen LogP contribution in [0.25, 0.3) is 0 Å². The molecule has 0 bridgehead atoms. The molecule has 24 heavy (non-hydrogen) atoms. The fourth-order valence-corrected chi connectivity index (χ4v) is 3.43. The fraction of sp³-hybridized carbons (Fsp3) is 0.733. The molecule has 0 aliphatic carbocycles. The summed E-state index contributed by atoms with van der Waals surface area (Å²) in [7, 11) is 0. The van der Waals surface area contributed by atoms with Gasteiger partial charge in [0.05, 0.1) is 24.1 Å². The minimum Gasteiger partial charge on any atom is -1.00 e. The summed E-state index contributed by atoms with van der Waals surface area (Å²) in [6.45, 7) is 3.42. The molecular formula is C15H24NaO6S2-. The quantitative estimate of drug-likeness (QED) is 0.306. The van der Waals surface area contributed by atoms with Gasteiger partial charge in [-0.25, -0.2) is 4.21 Å². The van der Waals surface area contributed by atoms with Crippen LogP contribution in [0.5, 0.6) is 11.5 Å². The van der Waals surface area contributed by atoms with Crippen LogP contribution in [-0.2, 0) is 20.3 Å². The van der Waals surface area contributed by atoms with E-state index in [4.69, 9.17) is 18.4 Å². The van der Waals surface area contributed by atoms with E-state index in [1.165, 1.54) is 11.3 Å². The van der Waals surface area contributed by atoms with Gasteiger partial charge in [0.25, 0.3) is 0 Å². The molecule has 0 fully saturated rings. The Morgan fingerprint density at radius 2 is 2.21 bits per heavy atom. The molecule has 2 rings (SSSR count). The van der Waals surface area contributed by atoms with Crippen LogP contribution in [0.3, 0.4) is 0 Å². The van der Waals surface area contributed by atoms with Gasteiger partial charge >= 0.3 is 29.6 Å². The van der Waals surface area contributed by atoms with Gasteiger partial charge in [0.2, 0.25) is 0 Å². The summed E-state index contributed by atoms with van der Waals surface area (Å²) in [5, 5.41) is 3.82. The van der Waals surface area contributed by atoms with Crippen LogP contribution < -0.4 is 39.0 Å². The Labute approximate surface area is 173 Å². The maximum atomic E-state index is 10.7. The van der Waals surface area contributed by atoms with Crippen molar-refractivity contribution in [1.82, 2.24) is 0 Å². The molecule has 0 amide bonds. The zero-order valence-corrected chi connectivity index (χ0v) is 17.9. The van der Waals surface area contributed by atoms with Crippen molar-refractivity contribution in [1.29, 1.82) is 0 Å². The van der Waals surface area contributed by atoms with Crippen molar-refractivity contribution in [3.63, 3.8) is 0 Å². The van der Waals surface area contributed by atoms with Crippen LogP contribution >= 0.6 is 11.3 Å². The second-order valence-corrected chi connectivity index (χ2v) is 6.78. The van der Waals surface area contributed by atoms with E-state index in [0.717, 1.165) is 37.2 Å². The zero-order valence-electron chi connectivity index (χ0n) is 15.2. The van der Waals surface area contributed by atoms with E-state index in [0.29, 0.717) is 26.2 Å². The maximum absolute atomic E-state index is 10.7. The van der Waals surface area contributed by atoms with E-state index < -0.39 is 11.4 Å². The molecule has 3 atom stereocenters. The van der Waals surface area contributed by atoms with Gasteiger partial charge in [0.1, 0.15) is 6.61 Å². The van der Waals surface area contributed by atoms with Gasteiger partial charge in [-0.1, -0.05) is 26.2 Å². The van der Waals surface area contributed by atoms with E-state index in [9.17, 15) is 8.76 Å². The molecule has 0 saturated carbocycles. The molecule has 9 heteroatoms. The predicted octanol–water partition coefficient (Wildman–Crippen LogP) is 0.171. The summed E-state index contributed by atoms with van der Waals surface area (Å²) in [6.07, 6.45) is 3.95. The van der Waals surface area contributed by atoms with Gasteiger partial charge in [0, 0.05) is 17.4 Å². The summed E-state index contributed by atoms with van der Waals surface area (Å²) in [4.78, 5) is 0. The predicted molar refractivity (Wildman–Crippen MR) is 88.7 cm³/mol. The Kier molecular flexibility index (Phi) is 11.8.